The molecule has 4 nitrogen and oxygen atoms in total. The van der Waals surface area contributed by atoms with Gasteiger partial charge in [-0.1, -0.05) is 6.07 Å². The SMILES string of the molecule is Cc1cc(C)cc(OCc2ncc(CCN)[nH]2)c1. The summed E-state index contributed by atoms with van der Waals surface area (Å²) in [5.74, 6) is 1.71. The number of aryl methyl sites for hydroxylation is 2. The summed E-state index contributed by atoms with van der Waals surface area (Å²) in [5.41, 5.74) is 8.95. The molecule has 1 aromatic carbocycles. The van der Waals surface area contributed by atoms with Crippen LogP contribution in [-0.4, -0.2) is 16.5 Å². The van der Waals surface area contributed by atoms with Gasteiger partial charge in [-0.25, -0.2) is 4.98 Å². The molecule has 0 atom stereocenters. The zero-order chi connectivity index (χ0) is 13.0. The Bertz CT molecular complexity index is 499. The average Bonchev–Trinajstić information content (AvgIpc) is 2.74. The van der Waals surface area contributed by atoms with Gasteiger partial charge in [0.2, 0.25) is 0 Å². The van der Waals surface area contributed by atoms with Gasteiger partial charge in [0.25, 0.3) is 0 Å². The second-order valence-electron chi connectivity index (χ2n) is 4.51. The van der Waals surface area contributed by atoms with E-state index in [1.807, 2.05) is 18.3 Å². The maximum Gasteiger partial charge on any atom is 0.146 e. The third-order valence-electron chi connectivity index (χ3n) is 2.67. The van der Waals surface area contributed by atoms with Crippen LogP contribution in [0.2, 0.25) is 0 Å². The van der Waals surface area contributed by atoms with E-state index >= 15 is 0 Å². The van der Waals surface area contributed by atoms with Crippen LogP contribution >= 0.6 is 0 Å². The molecule has 1 aromatic heterocycles. The fraction of sp³-hybridized carbons (Fsp3) is 0.357. The Labute approximate surface area is 107 Å². The van der Waals surface area contributed by atoms with Gasteiger partial charge in [-0.2, -0.15) is 0 Å². The summed E-state index contributed by atoms with van der Waals surface area (Å²) in [6.07, 6.45) is 2.63. The van der Waals surface area contributed by atoms with Gasteiger partial charge in [0.15, 0.2) is 0 Å². The summed E-state index contributed by atoms with van der Waals surface area (Å²) in [4.78, 5) is 7.46. The van der Waals surface area contributed by atoms with Crippen molar-refractivity contribution in [1.82, 2.24) is 9.97 Å². The maximum atomic E-state index is 5.72. The first-order chi connectivity index (χ1) is 8.67. The third kappa shape index (κ3) is 3.34. The number of H-pyrrole nitrogens is 1. The molecule has 1 heterocycles. The molecule has 0 saturated heterocycles. The molecule has 0 unspecified atom stereocenters. The smallest absolute Gasteiger partial charge is 0.146 e. The van der Waals surface area contributed by atoms with Gasteiger partial charge >= 0.3 is 0 Å². The highest BCUT2D eigenvalue weighted by Crippen LogP contribution is 2.17. The van der Waals surface area contributed by atoms with E-state index in [0.717, 1.165) is 23.7 Å². The molecule has 0 aliphatic heterocycles. The Morgan fingerprint density at radius 3 is 2.61 bits per heavy atom. The van der Waals surface area contributed by atoms with Crippen molar-refractivity contribution in [3.8, 4) is 5.75 Å². The van der Waals surface area contributed by atoms with Crippen LogP contribution in [-0.2, 0) is 13.0 Å². The van der Waals surface area contributed by atoms with Crippen LogP contribution in [0.3, 0.4) is 0 Å². The predicted octanol–water partition coefficient (Wildman–Crippen LogP) is 2.11. The second-order valence-corrected chi connectivity index (χ2v) is 4.51. The van der Waals surface area contributed by atoms with Crippen LogP contribution in [0, 0.1) is 13.8 Å². The number of ether oxygens (including phenoxy) is 1. The predicted molar refractivity (Wildman–Crippen MR) is 71.6 cm³/mol. The maximum absolute atomic E-state index is 5.72. The standard InChI is InChI=1S/C14H19N3O/c1-10-5-11(2)7-13(6-10)18-9-14-16-8-12(17-14)3-4-15/h5-8H,3-4,9,15H2,1-2H3,(H,16,17). The van der Waals surface area contributed by atoms with E-state index in [1.165, 1.54) is 11.1 Å². The van der Waals surface area contributed by atoms with Gasteiger partial charge in [0.1, 0.15) is 18.2 Å². The minimum Gasteiger partial charge on any atom is -0.486 e. The van der Waals surface area contributed by atoms with Crippen molar-refractivity contribution < 1.29 is 4.74 Å². The number of hydrogen-bond acceptors (Lipinski definition) is 3. The van der Waals surface area contributed by atoms with Crippen molar-refractivity contribution in [2.24, 2.45) is 5.73 Å². The number of rotatable bonds is 5. The normalized spacial score (nSPS) is 10.6. The van der Waals surface area contributed by atoms with E-state index in [-0.39, 0.29) is 0 Å². The van der Waals surface area contributed by atoms with Gasteiger partial charge < -0.3 is 15.5 Å². The lowest BCUT2D eigenvalue weighted by molar-refractivity contribution is 0.296. The van der Waals surface area contributed by atoms with E-state index in [0.29, 0.717) is 13.2 Å². The van der Waals surface area contributed by atoms with Crippen molar-refractivity contribution in [3.05, 3.63) is 47.0 Å². The highest BCUT2D eigenvalue weighted by molar-refractivity contribution is 5.33. The summed E-state index contributed by atoms with van der Waals surface area (Å²) >= 11 is 0. The molecule has 0 amide bonds. The molecule has 96 valence electrons. The molecular formula is C14H19N3O. The van der Waals surface area contributed by atoms with E-state index < -0.39 is 0 Å². The minimum atomic E-state index is 0.452. The molecule has 2 rings (SSSR count). The Hall–Kier alpha value is -1.81. The number of aromatic nitrogens is 2. The highest BCUT2D eigenvalue weighted by Gasteiger charge is 2.02. The zero-order valence-corrected chi connectivity index (χ0v) is 10.9. The lowest BCUT2D eigenvalue weighted by Crippen LogP contribution is -2.03. The van der Waals surface area contributed by atoms with E-state index in [2.05, 4.69) is 29.9 Å². The van der Waals surface area contributed by atoms with E-state index in [1.54, 1.807) is 0 Å². The Morgan fingerprint density at radius 2 is 1.94 bits per heavy atom. The molecule has 4 heteroatoms. The molecule has 0 fully saturated rings. The fourth-order valence-corrected chi connectivity index (χ4v) is 1.93. The van der Waals surface area contributed by atoms with Crippen molar-refractivity contribution >= 4 is 0 Å². The van der Waals surface area contributed by atoms with Gasteiger partial charge in [0.05, 0.1) is 0 Å². The molecular weight excluding hydrogens is 226 g/mol. The number of imidazole rings is 1. The number of nitrogens with zero attached hydrogens (tertiary/aromatic N) is 1. The largest absolute Gasteiger partial charge is 0.486 e. The Morgan fingerprint density at radius 1 is 1.22 bits per heavy atom. The van der Waals surface area contributed by atoms with Gasteiger partial charge in [-0.05, 0) is 43.7 Å². The van der Waals surface area contributed by atoms with Gasteiger partial charge in [0, 0.05) is 18.3 Å². The van der Waals surface area contributed by atoms with Gasteiger partial charge in [-0.3, -0.25) is 0 Å². The van der Waals surface area contributed by atoms with Crippen LogP contribution in [0.4, 0.5) is 0 Å². The first kappa shape index (κ1) is 12.6. The van der Waals surface area contributed by atoms with Crippen LogP contribution < -0.4 is 10.5 Å². The van der Waals surface area contributed by atoms with Gasteiger partial charge in [-0.15, -0.1) is 0 Å². The molecule has 3 N–H and O–H groups in total. The first-order valence-electron chi connectivity index (χ1n) is 6.11. The molecule has 0 bridgehead atoms. The first-order valence-corrected chi connectivity index (χ1v) is 6.11. The lowest BCUT2D eigenvalue weighted by Gasteiger charge is -2.06. The monoisotopic (exact) mass is 245 g/mol. The van der Waals surface area contributed by atoms with Crippen LogP contribution in [0.1, 0.15) is 22.6 Å². The molecule has 18 heavy (non-hydrogen) atoms. The van der Waals surface area contributed by atoms with E-state index in [4.69, 9.17) is 10.5 Å². The second kappa shape index (κ2) is 5.69. The fourth-order valence-electron chi connectivity index (χ4n) is 1.93. The lowest BCUT2D eigenvalue weighted by atomic mass is 10.1. The molecule has 0 spiro atoms. The van der Waals surface area contributed by atoms with Crippen LogP contribution in [0.15, 0.2) is 24.4 Å². The molecule has 2 aromatic rings. The van der Waals surface area contributed by atoms with E-state index in [9.17, 15) is 0 Å². The topological polar surface area (TPSA) is 63.9 Å². The van der Waals surface area contributed by atoms with Crippen LogP contribution in [0.25, 0.3) is 0 Å². The number of benzene rings is 1. The van der Waals surface area contributed by atoms with Crippen molar-refractivity contribution in [2.45, 2.75) is 26.9 Å². The summed E-state index contributed by atoms with van der Waals surface area (Å²) in [5, 5.41) is 0. The number of nitrogens with one attached hydrogen (secondary N) is 1. The highest BCUT2D eigenvalue weighted by atomic mass is 16.5. The third-order valence-corrected chi connectivity index (χ3v) is 2.67. The molecule has 0 aliphatic carbocycles. The molecule has 0 saturated carbocycles. The molecule has 0 radical (unpaired) electrons. The Balaban J connectivity index is 1.97. The number of hydrogen-bond donors (Lipinski definition) is 2. The van der Waals surface area contributed by atoms with Crippen molar-refractivity contribution in [2.75, 3.05) is 6.54 Å². The van der Waals surface area contributed by atoms with Crippen molar-refractivity contribution in [3.63, 3.8) is 0 Å². The zero-order valence-electron chi connectivity index (χ0n) is 10.9. The summed E-state index contributed by atoms with van der Waals surface area (Å²) in [7, 11) is 0. The minimum absolute atomic E-state index is 0.452. The summed E-state index contributed by atoms with van der Waals surface area (Å²) < 4.78 is 5.72. The van der Waals surface area contributed by atoms with Crippen molar-refractivity contribution in [1.29, 1.82) is 0 Å². The molecule has 0 aliphatic rings. The summed E-state index contributed by atoms with van der Waals surface area (Å²) in [6, 6.07) is 6.17. The summed E-state index contributed by atoms with van der Waals surface area (Å²) in [6.45, 7) is 5.20. The average molecular weight is 245 g/mol. The van der Waals surface area contributed by atoms with Crippen LogP contribution in [0.5, 0.6) is 5.75 Å². The number of nitrogens with two attached hydrogens (primary N) is 1. The number of aromatic amines is 1. The Kier molecular flexibility index (Phi) is 3.99. The quantitative estimate of drug-likeness (QED) is 0.848.